The van der Waals surface area contributed by atoms with Gasteiger partial charge in [-0.1, -0.05) is 246 Å². The zero-order chi connectivity index (χ0) is 87.1. The van der Waals surface area contributed by atoms with E-state index in [1.54, 1.807) is 46.9 Å². The van der Waals surface area contributed by atoms with E-state index in [4.69, 9.17) is 53.9 Å². The Labute approximate surface area is 814 Å². The Morgan fingerprint density at radius 3 is 1.10 bits per heavy atom. The molecule has 0 radical (unpaired) electrons. The summed E-state index contributed by atoms with van der Waals surface area (Å²) in [7, 11) is 3.47. The number of hydrogen-bond acceptors (Lipinski definition) is 19. The molecule has 0 aromatic heterocycles. The Morgan fingerprint density at radius 1 is 0.451 bits per heavy atom. The Kier molecular flexibility index (Phi) is 74.6. The molecule has 6 rings (SSSR count). The van der Waals surface area contributed by atoms with Gasteiger partial charge >= 0.3 is 0 Å². The number of thiol groups is 1. The molecular formula is C95H150I3N2O13P4S5-5. The molecule has 0 spiro atoms. The van der Waals surface area contributed by atoms with Crippen molar-refractivity contribution in [1.82, 2.24) is 4.67 Å². The molecule has 0 heterocycles. The smallest absolute Gasteiger partial charge is 0.259 e. The van der Waals surface area contributed by atoms with Crippen molar-refractivity contribution in [3.05, 3.63) is 191 Å². The van der Waals surface area contributed by atoms with Crippen LogP contribution in [0.4, 0.5) is 0 Å². The molecular weight excluding hydrogens is 2040 g/mol. The van der Waals surface area contributed by atoms with E-state index >= 15 is 0 Å². The first-order valence-electron chi connectivity index (χ1n) is 43.9. The summed E-state index contributed by atoms with van der Waals surface area (Å²) in [5.74, 6) is 8.70. The van der Waals surface area contributed by atoms with Crippen LogP contribution in [0.5, 0.6) is 23.0 Å². The third-order valence-corrected chi connectivity index (χ3v) is 32.1. The number of methoxy groups -OCH3 is 4. The van der Waals surface area contributed by atoms with Crippen molar-refractivity contribution in [3.63, 3.8) is 0 Å². The summed E-state index contributed by atoms with van der Waals surface area (Å²) in [5, 5.41) is 8.90. The van der Waals surface area contributed by atoms with Crippen LogP contribution < -0.4 is 101 Å². The molecule has 0 aliphatic rings. The molecule has 0 aliphatic carbocycles. The van der Waals surface area contributed by atoms with Crippen molar-refractivity contribution >= 4 is 86.3 Å². The lowest BCUT2D eigenvalue weighted by Crippen LogP contribution is -3.00. The van der Waals surface area contributed by atoms with Gasteiger partial charge in [0.15, 0.2) is 0 Å². The predicted molar refractivity (Wildman–Crippen MR) is 517 cm³/mol. The molecule has 6 aromatic carbocycles. The zero-order valence-electron chi connectivity index (χ0n) is 75.9. The van der Waals surface area contributed by atoms with E-state index < -0.39 is 34.7 Å². The second-order valence-corrected chi connectivity index (χ2v) is 45.3. The normalized spacial score (nSPS) is 12.8. The number of hydrogen-bond donors (Lipinski definition) is 1. The molecule has 0 aliphatic heterocycles. The highest BCUT2D eigenvalue weighted by Crippen LogP contribution is 2.48. The highest BCUT2D eigenvalue weighted by Gasteiger charge is 2.39. The minimum absolute atomic E-state index is 0. The van der Waals surface area contributed by atoms with Gasteiger partial charge in [-0.2, -0.15) is 17.9 Å². The van der Waals surface area contributed by atoms with Crippen LogP contribution in [0.3, 0.4) is 0 Å². The molecule has 27 heteroatoms. The maximum Gasteiger partial charge on any atom is 0.259 e. The summed E-state index contributed by atoms with van der Waals surface area (Å²) < 4.78 is 76.6. The third kappa shape index (κ3) is 52.2. The number of ether oxygens (including phenoxy) is 6. The van der Waals surface area contributed by atoms with E-state index in [1.807, 2.05) is 82.3 Å². The summed E-state index contributed by atoms with van der Waals surface area (Å²) in [4.78, 5) is 21.8. The van der Waals surface area contributed by atoms with Gasteiger partial charge in [0, 0.05) is 50.8 Å². The second-order valence-electron chi connectivity index (χ2n) is 30.6. The van der Waals surface area contributed by atoms with Crippen molar-refractivity contribution in [2.45, 2.75) is 245 Å². The summed E-state index contributed by atoms with van der Waals surface area (Å²) in [6.07, 6.45) is 35.4. The molecule has 0 fully saturated rings. The van der Waals surface area contributed by atoms with Gasteiger partial charge in [0.2, 0.25) is 0 Å². The fraction of sp³-hybridized carbons (Fsp3) is 0.611. The minimum Gasteiger partial charge on any atom is -1.00 e. The number of halogens is 3. The van der Waals surface area contributed by atoms with Gasteiger partial charge in [-0.15, -0.1) is 17.4 Å². The molecule has 0 N–H and O–H groups in total. The monoisotopic (exact) mass is 2190 g/mol. The van der Waals surface area contributed by atoms with E-state index in [0.29, 0.717) is 65.6 Å². The highest BCUT2D eigenvalue weighted by molar-refractivity contribution is 8.76. The van der Waals surface area contributed by atoms with E-state index in [1.165, 1.54) is 88.8 Å². The van der Waals surface area contributed by atoms with Crippen molar-refractivity contribution < 1.29 is 133 Å². The molecule has 4 unspecified atom stereocenters. The van der Waals surface area contributed by atoms with Crippen LogP contribution in [0.25, 0.3) is 0 Å². The van der Waals surface area contributed by atoms with E-state index in [0.717, 1.165) is 177 Å². The lowest BCUT2D eigenvalue weighted by Gasteiger charge is -2.36. The fourth-order valence-electron chi connectivity index (χ4n) is 13.5. The first-order valence-corrected chi connectivity index (χ1v) is 56.8. The van der Waals surface area contributed by atoms with Crippen molar-refractivity contribution in [2.24, 2.45) is 0 Å². The van der Waals surface area contributed by atoms with Crippen molar-refractivity contribution in [2.75, 3.05) is 128 Å². The Hall–Kier alpha value is -1.18. The van der Waals surface area contributed by atoms with Gasteiger partial charge in [-0.3, -0.25) is 0 Å². The molecule has 4 atom stereocenters. The van der Waals surface area contributed by atoms with Gasteiger partial charge < -0.3 is 133 Å². The van der Waals surface area contributed by atoms with E-state index in [-0.39, 0.29) is 81.4 Å². The average Bonchev–Trinajstić information content (AvgIpc) is 0.760. The Balaban J connectivity index is 0.00000185. The van der Waals surface area contributed by atoms with Crippen LogP contribution >= 0.6 is 65.6 Å². The molecule has 694 valence electrons. The van der Waals surface area contributed by atoms with Gasteiger partial charge in [0.25, 0.3) is 8.53 Å². The van der Waals surface area contributed by atoms with Crippen LogP contribution in [0.2, 0.25) is 0 Å². The fourth-order valence-corrected chi connectivity index (χ4v) is 23.8. The predicted octanol–water partition coefficient (Wildman–Crippen LogP) is 16.8. The van der Waals surface area contributed by atoms with Crippen molar-refractivity contribution in [1.29, 1.82) is 5.26 Å². The highest BCUT2D eigenvalue weighted by atomic mass is 127. The molecule has 0 amide bonds. The second kappa shape index (κ2) is 75.4. The Morgan fingerprint density at radius 2 is 0.770 bits per heavy atom. The van der Waals surface area contributed by atoms with Crippen LogP contribution in [0, 0.1) is 11.3 Å². The first-order chi connectivity index (χ1) is 57.6. The zero-order valence-corrected chi connectivity index (χ0v) is 90.1. The summed E-state index contributed by atoms with van der Waals surface area (Å²) >= 11 is 9.78. The number of benzene rings is 6. The number of rotatable bonds is 64. The molecule has 0 saturated heterocycles. The van der Waals surface area contributed by atoms with Crippen LogP contribution in [0.1, 0.15) is 255 Å². The molecule has 15 nitrogen and oxygen atoms in total. The molecule has 0 saturated carbocycles. The quantitative estimate of drug-likeness (QED) is 0.00946. The van der Waals surface area contributed by atoms with E-state index in [9.17, 15) is 18.9 Å². The molecule has 6 aromatic rings. The number of unbranched alkanes of at least 4 members (excludes halogenated alkanes) is 18. The van der Waals surface area contributed by atoms with Crippen molar-refractivity contribution in [3.8, 4) is 29.1 Å². The molecule has 122 heavy (non-hydrogen) atoms. The number of nitriles is 1. The average molecular weight is 2190 g/mol. The van der Waals surface area contributed by atoms with Gasteiger partial charge in [-0.25, -0.2) is 4.67 Å². The lowest BCUT2D eigenvalue weighted by atomic mass is 9.80. The molecule has 0 bridgehead atoms. The van der Waals surface area contributed by atoms with Gasteiger partial charge in [0.05, 0.1) is 60.7 Å². The maximum absolute atomic E-state index is 11.3. The van der Waals surface area contributed by atoms with Gasteiger partial charge in [0.1, 0.15) is 41.8 Å². The number of nitrogens with zero attached hydrogens (tertiary/aromatic N) is 2. The SMILES string of the molecule is CCCCP(CCCC)CCCC.COc1ccc(C(OCCCCCCS(=S)CCCCCCP(C)(=O)[O-])(c2ccccc2)c2ccc(OC)cc2)cc1.COc1ccc(C(OCCCCCCSSCCCCCCOP(OCCC#N)N(C(C)C)C(C)C)(c2ccccc2)c2ccc(OC)cc2)cc1.CP(=O)([O-])OCCCCCCS.[I-].[I-].[I-]. The van der Waals surface area contributed by atoms with Crippen LogP contribution in [-0.2, 0) is 64.0 Å². The summed E-state index contributed by atoms with van der Waals surface area (Å²) in [6, 6.07) is 56.5. The summed E-state index contributed by atoms with van der Waals surface area (Å²) in [5.41, 5.74) is 4.88. The summed E-state index contributed by atoms with van der Waals surface area (Å²) in [6.45, 7) is 20.8. The Bertz CT molecular complexity index is 3500. The van der Waals surface area contributed by atoms with Gasteiger partial charge in [-0.05, 0) is 242 Å². The topological polar surface area (TPSA) is 190 Å². The minimum atomic E-state index is -3.49. The van der Waals surface area contributed by atoms with E-state index in [2.05, 4.69) is 173 Å². The maximum atomic E-state index is 11.3. The largest absolute Gasteiger partial charge is 1.00 e. The first kappa shape index (κ1) is 121. The van der Waals surface area contributed by atoms with Crippen LogP contribution in [-0.4, -0.2) is 145 Å². The standard InChI is InChI=1S/C42H61N2O5PS2.C34H47O5PS2.C12H27P.C7H17O3PS.3HI/c1-35(2)44(36(3)4)50(49-32-18-29-43)48-31-15-8-10-17-34-52-51-33-16-9-7-14-30-47-42(37-19-12-11-13-20-37,38-21-25-40(45-5)26-22-38)39-23-27-41(46-6)28-24-39;1-37-32-21-17-30(18-22-32)34(29-15-9-8-10-16-29,31-19-23-33(38-2)24-20-31)39-25-11-4-6-13-27-42(41)28-14-7-5-12-26-40(3,35)36;1-4-7-10-13(11-8-5-2)12-9-6-3;1-11(8,9)10-6-4-2-3-5-7-12;;;/h11-13,19-28,35-36H,7-10,14-18,30-34H2,1-6H3;8-10,15-24H,4-7,11-14,25-28H2,1-3H3,(H,35,36);4-12H2,1-3H3;12H,2-7H2,1H3,(H,8,9);3*1H/p-5. The lowest BCUT2D eigenvalue weighted by molar-refractivity contribution is -0.196. The van der Waals surface area contributed by atoms with Crippen LogP contribution in [0.15, 0.2) is 158 Å². The third-order valence-electron chi connectivity index (χ3n) is 20.0.